The Morgan fingerprint density at radius 2 is 1.81 bits per heavy atom. The SMILES string of the molecule is Cc1cccc(NC(=O)c2ccccc2NC(=O)[C@H]2CCS(=O)(=O)C2)c1. The Morgan fingerprint density at radius 3 is 2.50 bits per heavy atom. The lowest BCUT2D eigenvalue weighted by Gasteiger charge is -2.14. The van der Waals surface area contributed by atoms with Crippen molar-refractivity contribution < 1.29 is 18.0 Å². The van der Waals surface area contributed by atoms with E-state index in [2.05, 4.69) is 10.6 Å². The minimum Gasteiger partial charge on any atom is -0.325 e. The van der Waals surface area contributed by atoms with Crippen LogP contribution in [0, 0.1) is 12.8 Å². The van der Waals surface area contributed by atoms with Crippen LogP contribution in [-0.4, -0.2) is 31.7 Å². The van der Waals surface area contributed by atoms with E-state index < -0.39 is 15.8 Å². The molecule has 2 N–H and O–H groups in total. The fourth-order valence-electron chi connectivity index (χ4n) is 2.95. The number of amides is 2. The third kappa shape index (κ3) is 4.29. The van der Waals surface area contributed by atoms with Crippen molar-refractivity contribution in [1.82, 2.24) is 0 Å². The molecule has 0 radical (unpaired) electrons. The molecule has 0 spiro atoms. The third-order valence-corrected chi connectivity index (χ3v) is 6.08. The summed E-state index contributed by atoms with van der Waals surface area (Å²) in [6.07, 6.45) is 0.311. The van der Waals surface area contributed by atoms with Crippen LogP contribution in [-0.2, 0) is 14.6 Å². The first-order chi connectivity index (χ1) is 12.3. The van der Waals surface area contributed by atoms with Crippen molar-refractivity contribution in [3.05, 3.63) is 59.7 Å². The van der Waals surface area contributed by atoms with Crippen LogP contribution in [0.4, 0.5) is 11.4 Å². The monoisotopic (exact) mass is 372 g/mol. The molecule has 0 saturated carbocycles. The number of rotatable bonds is 4. The average Bonchev–Trinajstić information content (AvgIpc) is 2.95. The van der Waals surface area contributed by atoms with Crippen LogP contribution in [0.1, 0.15) is 22.3 Å². The van der Waals surface area contributed by atoms with E-state index in [-0.39, 0.29) is 23.3 Å². The normalized spacial score (nSPS) is 18.3. The highest BCUT2D eigenvalue weighted by atomic mass is 32.2. The first-order valence-corrected chi connectivity index (χ1v) is 10.1. The van der Waals surface area contributed by atoms with E-state index >= 15 is 0 Å². The zero-order valence-electron chi connectivity index (χ0n) is 14.4. The van der Waals surface area contributed by atoms with Crippen LogP contribution >= 0.6 is 0 Å². The Balaban J connectivity index is 1.75. The molecule has 0 bridgehead atoms. The van der Waals surface area contributed by atoms with E-state index in [9.17, 15) is 18.0 Å². The molecular formula is C19H20N2O4S. The summed E-state index contributed by atoms with van der Waals surface area (Å²) in [6, 6.07) is 14.1. The first kappa shape index (κ1) is 18.1. The molecule has 0 aromatic heterocycles. The standard InChI is InChI=1S/C19H20N2O4S/c1-13-5-4-6-15(11-13)20-19(23)16-7-2-3-8-17(16)21-18(22)14-9-10-26(24,25)12-14/h2-8,11,14H,9-10,12H2,1H3,(H,20,23)(H,21,22)/t14-/m0/s1. The van der Waals surface area contributed by atoms with Crippen molar-refractivity contribution in [3.63, 3.8) is 0 Å². The molecule has 1 heterocycles. The van der Waals surface area contributed by atoms with Gasteiger partial charge in [-0.15, -0.1) is 0 Å². The molecule has 26 heavy (non-hydrogen) atoms. The van der Waals surface area contributed by atoms with E-state index in [4.69, 9.17) is 0 Å². The largest absolute Gasteiger partial charge is 0.325 e. The summed E-state index contributed by atoms with van der Waals surface area (Å²) in [5.41, 5.74) is 2.38. The summed E-state index contributed by atoms with van der Waals surface area (Å²) in [6.45, 7) is 1.93. The highest BCUT2D eigenvalue weighted by Gasteiger charge is 2.33. The van der Waals surface area contributed by atoms with Gasteiger partial charge in [0.15, 0.2) is 9.84 Å². The van der Waals surface area contributed by atoms with Crippen LogP contribution in [0.15, 0.2) is 48.5 Å². The first-order valence-electron chi connectivity index (χ1n) is 8.32. The number of anilines is 2. The Morgan fingerprint density at radius 1 is 1.04 bits per heavy atom. The van der Waals surface area contributed by atoms with Gasteiger partial charge in [0, 0.05) is 5.69 Å². The summed E-state index contributed by atoms with van der Waals surface area (Å²) < 4.78 is 23.1. The Bertz CT molecular complexity index is 954. The van der Waals surface area contributed by atoms with Crippen LogP contribution in [0.2, 0.25) is 0 Å². The molecule has 2 aromatic rings. The number of sulfone groups is 1. The predicted octanol–water partition coefficient (Wildman–Crippen LogP) is 2.62. The van der Waals surface area contributed by atoms with Crippen molar-refractivity contribution in [2.45, 2.75) is 13.3 Å². The van der Waals surface area contributed by atoms with Gasteiger partial charge in [0.25, 0.3) is 5.91 Å². The molecule has 1 saturated heterocycles. The molecule has 2 aromatic carbocycles. The highest BCUT2D eigenvalue weighted by Crippen LogP contribution is 2.23. The summed E-state index contributed by atoms with van der Waals surface area (Å²) in [5, 5.41) is 5.51. The third-order valence-electron chi connectivity index (χ3n) is 4.31. The van der Waals surface area contributed by atoms with Gasteiger partial charge < -0.3 is 10.6 Å². The highest BCUT2D eigenvalue weighted by molar-refractivity contribution is 7.91. The molecule has 1 fully saturated rings. The van der Waals surface area contributed by atoms with Gasteiger partial charge in [-0.05, 0) is 43.2 Å². The molecule has 1 aliphatic rings. The molecule has 2 amide bonds. The summed E-state index contributed by atoms with van der Waals surface area (Å²) in [4.78, 5) is 25.0. The van der Waals surface area contributed by atoms with Crippen LogP contribution < -0.4 is 10.6 Å². The van der Waals surface area contributed by atoms with E-state index in [1.807, 2.05) is 25.1 Å². The molecule has 136 valence electrons. The van der Waals surface area contributed by atoms with E-state index in [0.717, 1.165) is 5.56 Å². The molecule has 3 rings (SSSR count). The van der Waals surface area contributed by atoms with Crippen LogP contribution in [0.3, 0.4) is 0 Å². The van der Waals surface area contributed by atoms with Gasteiger partial charge in [-0.1, -0.05) is 24.3 Å². The summed E-state index contributed by atoms with van der Waals surface area (Å²) >= 11 is 0. The Hall–Kier alpha value is -2.67. The van der Waals surface area contributed by atoms with E-state index in [1.165, 1.54) is 0 Å². The van der Waals surface area contributed by atoms with Gasteiger partial charge in [0.05, 0.1) is 28.7 Å². The zero-order valence-corrected chi connectivity index (χ0v) is 15.2. The lowest BCUT2D eigenvalue weighted by Crippen LogP contribution is -2.25. The lowest BCUT2D eigenvalue weighted by atomic mass is 10.1. The quantitative estimate of drug-likeness (QED) is 0.863. The van der Waals surface area contributed by atoms with Gasteiger partial charge in [-0.2, -0.15) is 0 Å². The van der Waals surface area contributed by atoms with Crippen molar-refractivity contribution >= 4 is 33.0 Å². The van der Waals surface area contributed by atoms with Gasteiger partial charge >= 0.3 is 0 Å². The Labute approximate surface area is 152 Å². The predicted molar refractivity (Wildman–Crippen MR) is 101 cm³/mol. The van der Waals surface area contributed by atoms with Crippen LogP contribution in [0.5, 0.6) is 0 Å². The maximum Gasteiger partial charge on any atom is 0.257 e. The molecule has 0 aliphatic carbocycles. The molecule has 6 nitrogen and oxygen atoms in total. The van der Waals surface area contributed by atoms with Crippen molar-refractivity contribution in [1.29, 1.82) is 0 Å². The maximum absolute atomic E-state index is 12.6. The molecular weight excluding hydrogens is 352 g/mol. The van der Waals surface area contributed by atoms with Gasteiger partial charge in [-0.25, -0.2) is 8.42 Å². The number of para-hydroxylation sites is 1. The second-order valence-corrected chi connectivity index (χ2v) is 8.69. The fraction of sp³-hybridized carbons (Fsp3) is 0.263. The molecule has 1 aliphatic heterocycles. The van der Waals surface area contributed by atoms with E-state index in [0.29, 0.717) is 23.4 Å². The maximum atomic E-state index is 12.6. The zero-order chi connectivity index (χ0) is 18.7. The van der Waals surface area contributed by atoms with E-state index in [1.54, 1.807) is 30.3 Å². The number of nitrogens with one attached hydrogen (secondary N) is 2. The topological polar surface area (TPSA) is 92.3 Å². The molecule has 1 atom stereocenters. The minimum absolute atomic E-state index is 0.0284. The fourth-order valence-corrected chi connectivity index (χ4v) is 4.69. The number of hydrogen-bond donors (Lipinski definition) is 2. The van der Waals surface area contributed by atoms with Crippen molar-refractivity contribution in [2.24, 2.45) is 5.92 Å². The number of aryl methyl sites for hydroxylation is 1. The minimum atomic E-state index is -3.14. The second-order valence-electron chi connectivity index (χ2n) is 6.46. The van der Waals surface area contributed by atoms with Gasteiger partial charge in [0.2, 0.25) is 5.91 Å². The van der Waals surface area contributed by atoms with Gasteiger partial charge in [-0.3, -0.25) is 9.59 Å². The average molecular weight is 372 g/mol. The van der Waals surface area contributed by atoms with Crippen molar-refractivity contribution in [3.8, 4) is 0 Å². The molecule has 7 heteroatoms. The van der Waals surface area contributed by atoms with Crippen LogP contribution in [0.25, 0.3) is 0 Å². The number of carbonyl (C=O) groups is 2. The number of benzene rings is 2. The molecule has 0 unspecified atom stereocenters. The number of hydrogen-bond acceptors (Lipinski definition) is 4. The summed E-state index contributed by atoms with van der Waals surface area (Å²) in [5.74, 6) is -1.41. The smallest absolute Gasteiger partial charge is 0.257 e. The van der Waals surface area contributed by atoms with Gasteiger partial charge in [0.1, 0.15) is 0 Å². The van der Waals surface area contributed by atoms with Crippen molar-refractivity contribution in [2.75, 3.05) is 22.1 Å². The summed E-state index contributed by atoms with van der Waals surface area (Å²) in [7, 11) is -3.14. The number of carbonyl (C=O) groups excluding carboxylic acids is 2. The lowest BCUT2D eigenvalue weighted by molar-refractivity contribution is -0.119. The second kappa shape index (κ2) is 7.29. The Kier molecular flexibility index (Phi) is 5.08.